The van der Waals surface area contributed by atoms with E-state index in [9.17, 15) is 4.79 Å². The molecular formula is C12H15N3O. The van der Waals surface area contributed by atoms with Crippen LogP contribution in [0.4, 0.5) is 5.69 Å². The molecule has 0 aliphatic carbocycles. The lowest BCUT2D eigenvalue weighted by atomic mass is 10.3. The number of hydrogen-bond donors (Lipinski definition) is 1. The number of hydrogen-bond acceptors (Lipinski definition) is 2. The summed E-state index contributed by atoms with van der Waals surface area (Å²) in [5, 5.41) is 2.85. The van der Waals surface area contributed by atoms with Gasteiger partial charge in [-0.05, 0) is 19.4 Å². The van der Waals surface area contributed by atoms with Gasteiger partial charge in [-0.1, -0.05) is 6.92 Å². The molecular weight excluding hydrogens is 202 g/mol. The zero-order valence-electron chi connectivity index (χ0n) is 9.53. The molecule has 84 valence electrons. The Morgan fingerprint density at radius 1 is 1.56 bits per heavy atom. The van der Waals surface area contributed by atoms with Crippen LogP contribution in [0.5, 0.6) is 0 Å². The molecule has 0 aromatic carbocycles. The number of aryl methyl sites for hydroxylation is 1. The van der Waals surface area contributed by atoms with Crippen LogP contribution < -0.4 is 5.32 Å². The number of anilines is 1. The summed E-state index contributed by atoms with van der Waals surface area (Å²) in [7, 11) is 0. The van der Waals surface area contributed by atoms with Crippen molar-refractivity contribution in [1.82, 2.24) is 9.38 Å². The number of aromatic nitrogens is 2. The topological polar surface area (TPSA) is 46.4 Å². The van der Waals surface area contributed by atoms with Gasteiger partial charge in [-0.3, -0.25) is 4.79 Å². The molecule has 0 atom stereocenters. The SMILES string of the molecule is CCCC(=O)Nc1ccn2cc(C)nc2c1. The molecule has 2 aromatic heterocycles. The lowest BCUT2D eigenvalue weighted by Crippen LogP contribution is -2.10. The van der Waals surface area contributed by atoms with Crippen molar-refractivity contribution in [2.24, 2.45) is 0 Å². The molecule has 0 radical (unpaired) electrons. The molecule has 0 spiro atoms. The fourth-order valence-corrected chi connectivity index (χ4v) is 1.64. The van der Waals surface area contributed by atoms with E-state index in [1.54, 1.807) is 0 Å². The highest BCUT2D eigenvalue weighted by Gasteiger charge is 2.02. The second-order valence-electron chi connectivity index (χ2n) is 3.86. The smallest absolute Gasteiger partial charge is 0.224 e. The molecule has 2 aromatic rings. The number of fused-ring (bicyclic) bond motifs is 1. The van der Waals surface area contributed by atoms with Crippen LogP contribution in [0, 0.1) is 6.92 Å². The van der Waals surface area contributed by atoms with Gasteiger partial charge >= 0.3 is 0 Å². The van der Waals surface area contributed by atoms with Crippen LogP contribution in [0.2, 0.25) is 0 Å². The van der Waals surface area contributed by atoms with Gasteiger partial charge in [0, 0.05) is 30.6 Å². The van der Waals surface area contributed by atoms with E-state index in [0.29, 0.717) is 6.42 Å². The zero-order chi connectivity index (χ0) is 11.5. The Labute approximate surface area is 94.3 Å². The highest BCUT2D eigenvalue weighted by Crippen LogP contribution is 2.12. The van der Waals surface area contributed by atoms with Crippen molar-refractivity contribution in [3.05, 3.63) is 30.2 Å². The van der Waals surface area contributed by atoms with Crippen molar-refractivity contribution >= 4 is 17.2 Å². The summed E-state index contributed by atoms with van der Waals surface area (Å²) < 4.78 is 1.94. The first-order valence-electron chi connectivity index (χ1n) is 5.44. The number of carbonyl (C=O) groups is 1. The van der Waals surface area contributed by atoms with E-state index in [1.807, 2.05) is 42.8 Å². The standard InChI is InChI=1S/C12H15N3O/c1-3-4-12(16)14-10-5-6-15-8-9(2)13-11(15)7-10/h5-8H,3-4H2,1-2H3,(H,14,16). The average molecular weight is 217 g/mol. The summed E-state index contributed by atoms with van der Waals surface area (Å²) in [4.78, 5) is 15.8. The van der Waals surface area contributed by atoms with Crippen LogP contribution in [-0.4, -0.2) is 15.3 Å². The third-order valence-electron chi connectivity index (χ3n) is 2.34. The van der Waals surface area contributed by atoms with E-state index in [-0.39, 0.29) is 5.91 Å². The Balaban J connectivity index is 2.22. The third-order valence-corrected chi connectivity index (χ3v) is 2.34. The summed E-state index contributed by atoms with van der Waals surface area (Å²) in [6.07, 6.45) is 5.26. The van der Waals surface area contributed by atoms with Crippen LogP contribution >= 0.6 is 0 Å². The summed E-state index contributed by atoms with van der Waals surface area (Å²) in [5.41, 5.74) is 2.63. The van der Waals surface area contributed by atoms with Gasteiger partial charge in [0.1, 0.15) is 5.65 Å². The van der Waals surface area contributed by atoms with Crippen molar-refractivity contribution in [2.75, 3.05) is 5.32 Å². The fourth-order valence-electron chi connectivity index (χ4n) is 1.64. The normalized spacial score (nSPS) is 10.6. The number of imidazole rings is 1. The highest BCUT2D eigenvalue weighted by molar-refractivity contribution is 5.91. The Morgan fingerprint density at radius 2 is 2.38 bits per heavy atom. The van der Waals surface area contributed by atoms with Crippen LogP contribution in [0.15, 0.2) is 24.5 Å². The second-order valence-corrected chi connectivity index (χ2v) is 3.86. The lowest BCUT2D eigenvalue weighted by molar-refractivity contribution is -0.116. The number of rotatable bonds is 3. The predicted octanol–water partition coefficient (Wildman–Crippen LogP) is 2.38. The Kier molecular flexibility index (Phi) is 2.90. The summed E-state index contributed by atoms with van der Waals surface area (Å²) in [5.74, 6) is 0.0510. The molecule has 4 heteroatoms. The van der Waals surface area contributed by atoms with E-state index in [4.69, 9.17) is 0 Å². The van der Waals surface area contributed by atoms with Crippen LogP contribution in [0.25, 0.3) is 5.65 Å². The van der Waals surface area contributed by atoms with E-state index >= 15 is 0 Å². The van der Waals surface area contributed by atoms with E-state index in [1.165, 1.54) is 0 Å². The Bertz CT molecular complexity index is 516. The third kappa shape index (κ3) is 2.21. The summed E-state index contributed by atoms with van der Waals surface area (Å²) in [6, 6.07) is 3.75. The van der Waals surface area contributed by atoms with Gasteiger partial charge in [0.15, 0.2) is 0 Å². The Morgan fingerprint density at radius 3 is 3.12 bits per heavy atom. The molecule has 0 bridgehead atoms. The van der Waals surface area contributed by atoms with Crippen molar-refractivity contribution in [2.45, 2.75) is 26.7 Å². The summed E-state index contributed by atoms with van der Waals surface area (Å²) in [6.45, 7) is 3.93. The maximum absolute atomic E-state index is 11.4. The maximum atomic E-state index is 11.4. The minimum Gasteiger partial charge on any atom is -0.326 e. The first-order valence-corrected chi connectivity index (χ1v) is 5.44. The van der Waals surface area contributed by atoms with E-state index in [0.717, 1.165) is 23.4 Å². The monoisotopic (exact) mass is 217 g/mol. The molecule has 2 heterocycles. The summed E-state index contributed by atoms with van der Waals surface area (Å²) >= 11 is 0. The molecule has 1 amide bonds. The fraction of sp³-hybridized carbons (Fsp3) is 0.333. The van der Waals surface area contributed by atoms with Crippen molar-refractivity contribution in [3.63, 3.8) is 0 Å². The van der Waals surface area contributed by atoms with Gasteiger partial charge in [0.2, 0.25) is 5.91 Å². The quantitative estimate of drug-likeness (QED) is 0.858. The highest BCUT2D eigenvalue weighted by atomic mass is 16.1. The molecule has 0 saturated heterocycles. The van der Waals surface area contributed by atoms with Crippen molar-refractivity contribution < 1.29 is 4.79 Å². The molecule has 0 aliphatic rings. The van der Waals surface area contributed by atoms with Gasteiger partial charge in [-0.25, -0.2) is 4.98 Å². The molecule has 4 nitrogen and oxygen atoms in total. The van der Waals surface area contributed by atoms with Crippen molar-refractivity contribution in [3.8, 4) is 0 Å². The predicted molar refractivity (Wildman–Crippen MR) is 63.5 cm³/mol. The molecule has 16 heavy (non-hydrogen) atoms. The van der Waals surface area contributed by atoms with Crippen LogP contribution in [-0.2, 0) is 4.79 Å². The zero-order valence-corrected chi connectivity index (χ0v) is 9.53. The van der Waals surface area contributed by atoms with E-state index < -0.39 is 0 Å². The number of carbonyl (C=O) groups excluding carboxylic acids is 1. The van der Waals surface area contributed by atoms with Crippen LogP contribution in [0.3, 0.4) is 0 Å². The minimum absolute atomic E-state index is 0.0510. The molecule has 0 fully saturated rings. The maximum Gasteiger partial charge on any atom is 0.224 e. The second kappa shape index (κ2) is 4.35. The average Bonchev–Trinajstić information content (AvgIpc) is 2.57. The first kappa shape index (κ1) is 10.7. The Hall–Kier alpha value is -1.84. The van der Waals surface area contributed by atoms with Crippen molar-refractivity contribution in [1.29, 1.82) is 0 Å². The number of nitrogens with zero attached hydrogens (tertiary/aromatic N) is 2. The molecule has 2 rings (SSSR count). The number of nitrogens with one attached hydrogen (secondary N) is 1. The minimum atomic E-state index is 0.0510. The van der Waals surface area contributed by atoms with Gasteiger partial charge < -0.3 is 9.72 Å². The van der Waals surface area contributed by atoms with Gasteiger partial charge in [0.05, 0.1) is 5.69 Å². The van der Waals surface area contributed by atoms with Crippen LogP contribution in [0.1, 0.15) is 25.5 Å². The largest absolute Gasteiger partial charge is 0.326 e. The van der Waals surface area contributed by atoms with Gasteiger partial charge in [-0.2, -0.15) is 0 Å². The van der Waals surface area contributed by atoms with E-state index in [2.05, 4.69) is 10.3 Å². The molecule has 0 unspecified atom stereocenters. The molecule has 1 N–H and O–H groups in total. The number of amides is 1. The number of pyridine rings is 1. The lowest BCUT2D eigenvalue weighted by Gasteiger charge is -2.04. The van der Waals surface area contributed by atoms with Gasteiger partial charge in [-0.15, -0.1) is 0 Å². The van der Waals surface area contributed by atoms with Gasteiger partial charge in [0.25, 0.3) is 0 Å². The molecule has 0 saturated carbocycles. The first-order chi connectivity index (χ1) is 7.69. The molecule has 0 aliphatic heterocycles.